The Bertz CT molecular complexity index is 639. The van der Waals surface area contributed by atoms with E-state index in [0.29, 0.717) is 18.9 Å². The monoisotopic (exact) mass is 343 g/mol. The molecular weight excluding hydrogens is 322 g/mol. The molecule has 3 rings (SSSR count). The van der Waals surface area contributed by atoms with E-state index in [2.05, 4.69) is 9.97 Å². The summed E-state index contributed by atoms with van der Waals surface area (Å²) in [5, 5.41) is 0. The summed E-state index contributed by atoms with van der Waals surface area (Å²) in [4.78, 5) is 23.7. The third-order valence-electron chi connectivity index (χ3n) is 3.94. The second-order valence-electron chi connectivity index (χ2n) is 5.71. The van der Waals surface area contributed by atoms with E-state index in [1.165, 1.54) is 0 Å². The number of hydrogen-bond donors (Lipinski definition) is 0. The van der Waals surface area contributed by atoms with E-state index < -0.39 is 0 Å². The second-order valence-corrected chi connectivity index (χ2v) is 6.76. The molecule has 2 aromatic heterocycles. The second kappa shape index (κ2) is 8.80. The number of carbonyl (C=O) groups is 1. The van der Waals surface area contributed by atoms with Gasteiger partial charge in [-0.2, -0.15) is 0 Å². The van der Waals surface area contributed by atoms with Crippen LogP contribution in [0, 0.1) is 0 Å². The smallest absolute Gasteiger partial charge is 0.233 e. The normalized spacial score (nSPS) is 17.7. The molecule has 0 bridgehead atoms. The molecule has 1 fully saturated rings. The van der Waals surface area contributed by atoms with Crippen molar-refractivity contribution in [1.82, 2.24) is 14.9 Å². The molecule has 1 aliphatic rings. The largest absolute Gasteiger partial charge is 0.370 e. The first-order chi connectivity index (χ1) is 11.8. The van der Waals surface area contributed by atoms with Crippen molar-refractivity contribution < 1.29 is 9.53 Å². The van der Waals surface area contributed by atoms with Crippen LogP contribution < -0.4 is 0 Å². The van der Waals surface area contributed by atoms with Crippen LogP contribution in [0.3, 0.4) is 0 Å². The molecule has 24 heavy (non-hydrogen) atoms. The summed E-state index contributed by atoms with van der Waals surface area (Å²) in [6, 6.07) is 9.65. The number of rotatable bonds is 6. The number of likely N-dealkylation sites (tertiary alicyclic amines) is 1. The van der Waals surface area contributed by atoms with Crippen LogP contribution in [-0.2, 0) is 16.1 Å². The molecule has 6 heteroatoms. The van der Waals surface area contributed by atoms with Crippen LogP contribution in [0.2, 0.25) is 0 Å². The lowest BCUT2D eigenvalue weighted by atomic mass is 10.1. The van der Waals surface area contributed by atoms with Crippen molar-refractivity contribution in [3.05, 3.63) is 54.6 Å². The fourth-order valence-electron chi connectivity index (χ4n) is 2.66. The highest BCUT2D eigenvalue weighted by atomic mass is 32.2. The Balaban J connectivity index is 1.45. The lowest BCUT2D eigenvalue weighted by Gasteiger charge is -2.32. The van der Waals surface area contributed by atoms with E-state index in [0.717, 1.165) is 30.0 Å². The van der Waals surface area contributed by atoms with Crippen LogP contribution >= 0.6 is 11.8 Å². The van der Waals surface area contributed by atoms with E-state index in [4.69, 9.17) is 4.74 Å². The molecule has 0 radical (unpaired) electrons. The molecule has 1 atom stereocenters. The molecule has 0 aliphatic carbocycles. The Labute approximate surface area is 146 Å². The first kappa shape index (κ1) is 16.9. The van der Waals surface area contributed by atoms with Gasteiger partial charge in [-0.3, -0.25) is 14.8 Å². The summed E-state index contributed by atoms with van der Waals surface area (Å²) < 4.78 is 5.94. The molecule has 0 N–H and O–H groups in total. The van der Waals surface area contributed by atoms with Crippen molar-refractivity contribution in [3.8, 4) is 0 Å². The highest BCUT2D eigenvalue weighted by Gasteiger charge is 2.24. The van der Waals surface area contributed by atoms with Crippen molar-refractivity contribution in [2.75, 3.05) is 18.8 Å². The van der Waals surface area contributed by atoms with Crippen LogP contribution in [0.5, 0.6) is 0 Å². The van der Waals surface area contributed by atoms with Gasteiger partial charge in [-0.25, -0.2) is 0 Å². The van der Waals surface area contributed by atoms with Gasteiger partial charge in [0, 0.05) is 36.6 Å². The standard InChI is InChI=1S/C18H21N3O2S/c22-18(14-24-17-6-9-19-10-7-17)21-11-3-5-16(12-21)23-13-15-4-1-2-8-20-15/h1-2,4,6-10,16H,3,5,11-14H2/t16-/m1/s1. The number of ether oxygens (including phenoxy) is 1. The number of carbonyl (C=O) groups excluding carboxylic acids is 1. The molecule has 126 valence electrons. The molecule has 2 aromatic rings. The summed E-state index contributed by atoms with van der Waals surface area (Å²) >= 11 is 1.55. The van der Waals surface area contributed by atoms with Gasteiger partial charge in [0.1, 0.15) is 0 Å². The molecule has 1 amide bonds. The van der Waals surface area contributed by atoms with Gasteiger partial charge in [-0.15, -0.1) is 11.8 Å². The molecule has 0 spiro atoms. The van der Waals surface area contributed by atoms with Gasteiger partial charge >= 0.3 is 0 Å². The molecule has 0 unspecified atom stereocenters. The number of aromatic nitrogens is 2. The van der Waals surface area contributed by atoms with Crippen LogP contribution in [0.25, 0.3) is 0 Å². The molecule has 1 saturated heterocycles. The Hall–Kier alpha value is -1.92. The highest BCUT2D eigenvalue weighted by molar-refractivity contribution is 8.00. The predicted molar refractivity (Wildman–Crippen MR) is 93.6 cm³/mol. The molecule has 0 saturated carbocycles. The zero-order valence-electron chi connectivity index (χ0n) is 13.5. The zero-order valence-corrected chi connectivity index (χ0v) is 14.3. The Morgan fingerprint density at radius 3 is 2.92 bits per heavy atom. The molecule has 0 aromatic carbocycles. The SMILES string of the molecule is O=C(CSc1ccncc1)N1CCC[C@@H](OCc2ccccn2)C1. The fraction of sp³-hybridized carbons (Fsp3) is 0.389. The van der Waals surface area contributed by atoms with E-state index >= 15 is 0 Å². The van der Waals surface area contributed by atoms with Crippen LogP contribution in [0.1, 0.15) is 18.5 Å². The van der Waals surface area contributed by atoms with Gasteiger partial charge < -0.3 is 9.64 Å². The maximum Gasteiger partial charge on any atom is 0.233 e. The maximum atomic E-state index is 12.4. The van der Waals surface area contributed by atoms with E-state index in [1.807, 2.05) is 35.2 Å². The predicted octanol–water partition coefficient (Wildman–Crippen LogP) is 2.78. The number of nitrogens with zero attached hydrogens (tertiary/aromatic N) is 3. The van der Waals surface area contributed by atoms with Gasteiger partial charge in [0.2, 0.25) is 5.91 Å². The molecular formula is C18H21N3O2S. The first-order valence-corrected chi connectivity index (χ1v) is 9.12. The summed E-state index contributed by atoms with van der Waals surface area (Å²) in [7, 11) is 0. The number of piperidine rings is 1. The number of thioether (sulfide) groups is 1. The van der Waals surface area contributed by atoms with Crippen molar-refractivity contribution >= 4 is 17.7 Å². The van der Waals surface area contributed by atoms with Gasteiger partial charge in [0.15, 0.2) is 0 Å². The topological polar surface area (TPSA) is 55.3 Å². The number of amides is 1. The quantitative estimate of drug-likeness (QED) is 0.755. The van der Waals surface area contributed by atoms with Crippen LogP contribution in [-0.4, -0.2) is 45.7 Å². The third-order valence-corrected chi connectivity index (χ3v) is 4.93. The van der Waals surface area contributed by atoms with E-state index in [1.54, 1.807) is 30.4 Å². The van der Waals surface area contributed by atoms with Crippen molar-refractivity contribution in [2.24, 2.45) is 0 Å². The van der Waals surface area contributed by atoms with Crippen molar-refractivity contribution in [3.63, 3.8) is 0 Å². The Morgan fingerprint density at radius 2 is 2.12 bits per heavy atom. The van der Waals surface area contributed by atoms with Crippen LogP contribution in [0.15, 0.2) is 53.8 Å². The van der Waals surface area contributed by atoms with Gasteiger partial charge in [0.25, 0.3) is 0 Å². The average Bonchev–Trinajstić information content (AvgIpc) is 2.66. The average molecular weight is 343 g/mol. The minimum Gasteiger partial charge on any atom is -0.370 e. The Kier molecular flexibility index (Phi) is 6.20. The molecule has 5 nitrogen and oxygen atoms in total. The fourth-order valence-corrected chi connectivity index (χ4v) is 3.45. The zero-order chi connectivity index (χ0) is 16.6. The molecule has 1 aliphatic heterocycles. The highest BCUT2D eigenvalue weighted by Crippen LogP contribution is 2.19. The van der Waals surface area contributed by atoms with E-state index in [-0.39, 0.29) is 12.0 Å². The molecule has 3 heterocycles. The maximum absolute atomic E-state index is 12.4. The van der Waals surface area contributed by atoms with Gasteiger partial charge in [-0.05, 0) is 37.1 Å². The lowest BCUT2D eigenvalue weighted by molar-refractivity contribution is -0.132. The summed E-state index contributed by atoms with van der Waals surface area (Å²) in [6.07, 6.45) is 7.33. The van der Waals surface area contributed by atoms with Gasteiger partial charge in [0.05, 0.1) is 24.2 Å². The number of pyridine rings is 2. The lowest BCUT2D eigenvalue weighted by Crippen LogP contribution is -2.44. The van der Waals surface area contributed by atoms with Gasteiger partial charge in [-0.1, -0.05) is 6.07 Å². The minimum absolute atomic E-state index is 0.0932. The van der Waals surface area contributed by atoms with Crippen molar-refractivity contribution in [2.45, 2.75) is 30.4 Å². The van der Waals surface area contributed by atoms with Crippen LogP contribution in [0.4, 0.5) is 0 Å². The summed E-state index contributed by atoms with van der Waals surface area (Å²) in [6.45, 7) is 1.99. The first-order valence-electron chi connectivity index (χ1n) is 8.13. The summed E-state index contributed by atoms with van der Waals surface area (Å²) in [5.74, 6) is 0.625. The minimum atomic E-state index is 0.0932. The van der Waals surface area contributed by atoms with E-state index in [9.17, 15) is 4.79 Å². The number of hydrogen-bond acceptors (Lipinski definition) is 5. The third kappa shape index (κ3) is 5.04. The van der Waals surface area contributed by atoms with Crippen molar-refractivity contribution in [1.29, 1.82) is 0 Å². The Morgan fingerprint density at radius 1 is 1.25 bits per heavy atom. The summed E-state index contributed by atoms with van der Waals surface area (Å²) in [5.41, 5.74) is 0.925.